The van der Waals surface area contributed by atoms with Gasteiger partial charge in [-0.3, -0.25) is 9.52 Å². The minimum absolute atomic E-state index is 0.0709. The topological polar surface area (TPSA) is 188 Å². The first-order chi connectivity index (χ1) is 22.0. The number of benzene rings is 3. The number of ether oxygens (including phenoxy) is 1. The number of carboxylic acids is 1. The van der Waals surface area contributed by atoms with Crippen LogP contribution in [-0.4, -0.2) is 70.2 Å². The van der Waals surface area contributed by atoms with Crippen LogP contribution in [0.4, 0.5) is 18.9 Å². The monoisotopic (exact) mass is 695 g/mol. The van der Waals surface area contributed by atoms with Crippen molar-refractivity contribution in [3.63, 3.8) is 0 Å². The van der Waals surface area contributed by atoms with Crippen molar-refractivity contribution >= 4 is 48.6 Å². The summed E-state index contributed by atoms with van der Waals surface area (Å²) in [4.78, 5) is 30.5. The van der Waals surface area contributed by atoms with Gasteiger partial charge in [0.2, 0.25) is 26.0 Å². The van der Waals surface area contributed by atoms with E-state index in [0.717, 1.165) is 16.8 Å². The Morgan fingerprint density at radius 1 is 1.15 bits per heavy atom. The summed E-state index contributed by atoms with van der Waals surface area (Å²) in [5, 5.41) is 6.17. The maximum Gasteiger partial charge on any atom is 0.490 e. The third-order valence-electron chi connectivity index (χ3n) is 7.41. The number of aromatic nitrogens is 2. The molecule has 13 nitrogen and oxygen atoms in total. The second-order valence-corrected chi connectivity index (χ2v) is 14.3. The number of alkyl halides is 3. The van der Waals surface area contributed by atoms with Gasteiger partial charge in [0.25, 0.3) is 0 Å². The maximum absolute atomic E-state index is 13.6. The van der Waals surface area contributed by atoms with E-state index in [2.05, 4.69) is 14.7 Å². The second-order valence-electron chi connectivity index (χ2n) is 10.7. The Bertz CT molecular complexity index is 2000. The fraction of sp³-hybridized carbons (Fsp3) is 0.276. The molecular weight excluding hydrogens is 667 g/mol. The SMILES string of the molecule is CN1CCOc2cc(S(=O)(=O)N[C@@H](Cc3ccc(C4CC(=O)NS4(=O)=O)cc3)c3nc4ccccc4[nH]3)ccc21.O=C(O)C(F)(F)F. The summed E-state index contributed by atoms with van der Waals surface area (Å²) in [6.45, 7) is 1.17. The van der Waals surface area contributed by atoms with Gasteiger partial charge in [0, 0.05) is 13.1 Å². The Balaban J connectivity index is 0.000000559. The number of nitrogens with zero attached hydrogens (tertiary/aromatic N) is 2. The van der Waals surface area contributed by atoms with Gasteiger partial charge in [-0.25, -0.2) is 31.3 Å². The summed E-state index contributed by atoms with van der Waals surface area (Å²) in [6.07, 6.45) is -4.98. The van der Waals surface area contributed by atoms with Crippen molar-refractivity contribution in [2.45, 2.75) is 35.2 Å². The number of carbonyl (C=O) groups is 2. The highest BCUT2D eigenvalue weighted by molar-refractivity contribution is 7.90. The molecule has 1 amide bonds. The highest BCUT2D eigenvalue weighted by Gasteiger charge is 2.39. The molecule has 3 heterocycles. The molecular formula is C29H28F3N5O8S2. The molecule has 18 heteroatoms. The van der Waals surface area contributed by atoms with Crippen molar-refractivity contribution < 1.29 is 49.4 Å². The average Bonchev–Trinajstić information content (AvgIpc) is 3.56. The van der Waals surface area contributed by atoms with E-state index in [1.54, 1.807) is 36.4 Å². The Labute approximate surface area is 266 Å². The predicted molar refractivity (Wildman–Crippen MR) is 163 cm³/mol. The van der Waals surface area contributed by atoms with Crippen LogP contribution in [0.1, 0.15) is 34.7 Å². The van der Waals surface area contributed by atoms with Gasteiger partial charge in [-0.05, 0) is 41.8 Å². The number of para-hydroxylation sites is 2. The third-order valence-corrected chi connectivity index (χ3v) is 10.6. The molecule has 1 aromatic heterocycles. The molecule has 6 rings (SSSR count). The summed E-state index contributed by atoms with van der Waals surface area (Å²) < 4.78 is 94.0. The molecule has 1 fully saturated rings. The van der Waals surface area contributed by atoms with E-state index in [1.807, 2.05) is 40.9 Å². The molecule has 1 unspecified atom stereocenters. The number of H-pyrrole nitrogens is 1. The number of hydrogen-bond donors (Lipinski definition) is 4. The van der Waals surface area contributed by atoms with E-state index in [1.165, 1.54) is 6.07 Å². The normalized spacial score (nSPS) is 18.0. The second kappa shape index (κ2) is 12.8. The summed E-state index contributed by atoms with van der Waals surface area (Å²) >= 11 is 0. The van der Waals surface area contributed by atoms with E-state index in [0.29, 0.717) is 35.8 Å². The molecule has 0 saturated carbocycles. The van der Waals surface area contributed by atoms with E-state index in [9.17, 15) is 34.8 Å². The smallest absolute Gasteiger partial charge is 0.490 e. The van der Waals surface area contributed by atoms with Crippen LogP contribution in [0.25, 0.3) is 11.0 Å². The van der Waals surface area contributed by atoms with Crippen molar-refractivity contribution in [1.82, 2.24) is 19.4 Å². The molecule has 0 radical (unpaired) electrons. The van der Waals surface area contributed by atoms with Gasteiger partial charge < -0.3 is 19.7 Å². The number of sulfonamides is 2. The zero-order valence-electron chi connectivity index (χ0n) is 24.5. The van der Waals surface area contributed by atoms with Crippen molar-refractivity contribution in [1.29, 1.82) is 0 Å². The van der Waals surface area contributed by atoms with Crippen molar-refractivity contribution in [3.8, 4) is 5.75 Å². The van der Waals surface area contributed by atoms with Crippen LogP contribution in [-0.2, 0) is 36.1 Å². The molecule has 250 valence electrons. The molecule has 2 aliphatic rings. The van der Waals surface area contributed by atoms with E-state index in [4.69, 9.17) is 14.6 Å². The minimum atomic E-state index is -5.08. The highest BCUT2D eigenvalue weighted by Crippen LogP contribution is 2.34. The first-order valence-electron chi connectivity index (χ1n) is 13.9. The maximum atomic E-state index is 13.6. The quantitative estimate of drug-likeness (QED) is 0.224. The number of fused-ring (bicyclic) bond motifs is 2. The number of aliphatic carboxylic acids is 1. The van der Waals surface area contributed by atoms with Gasteiger partial charge in [-0.15, -0.1) is 0 Å². The predicted octanol–water partition coefficient (Wildman–Crippen LogP) is 3.18. The van der Waals surface area contributed by atoms with E-state index in [-0.39, 0.29) is 17.7 Å². The highest BCUT2D eigenvalue weighted by atomic mass is 32.2. The fourth-order valence-electron chi connectivity index (χ4n) is 5.04. The van der Waals surface area contributed by atoms with Crippen molar-refractivity contribution in [2.75, 3.05) is 25.1 Å². The number of likely N-dealkylation sites (N-methyl/N-ethyl adjacent to an activating group) is 1. The number of amides is 1. The first-order valence-corrected chi connectivity index (χ1v) is 16.9. The minimum Gasteiger partial charge on any atom is -0.490 e. The fourth-order valence-corrected chi connectivity index (χ4v) is 7.69. The summed E-state index contributed by atoms with van der Waals surface area (Å²) in [7, 11) is -5.84. The summed E-state index contributed by atoms with van der Waals surface area (Å²) in [5.41, 5.74) is 3.53. The number of hydrogen-bond acceptors (Lipinski definition) is 9. The van der Waals surface area contributed by atoms with Gasteiger partial charge in [0.15, 0.2) is 0 Å². The van der Waals surface area contributed by atoms with Crippen molar-refractivity contribution in [2.24, 2.45) is 0 Å². The van der Waals surface area contributed by atoms with E-state index < -0.39 is 49.4 Å². The number of aromatic amines is 1. The molecule has 1 saturated heterocycles. The van der Waals surface area contributed by atoms with E-state index >= 15 is 0 Å². The standard InChI is InChI=1S/C27H27N5O6S2.C2HF3O2/c1-32-12-13-38-24-15-19(10-11-23(24)32)39(34,35)30-22(27-28-20-4-2-3-5-21(20)29-27)14-17-6-8-18(9-7-17)25-16-26(33)31-40(25,36)37;3-2(4,5)1(6)7/h2-11,15,22,25,30H,12-14,16H2,1H3,(H,28,29)(H,31,33);(H,6,7)/t22-,25?;/m0./s1. The number of anilines is 1. The lowest BCUT2D eigenvalue weighted by atomic mass is 10.0. The Hall–Kier alpha value is -4.68. The zero-order chi connectivity index (χ0) is 34.1. The molecule has 47 heavy (non-hydrogen) atoms. The number of halogens is 3. The Morgan fingerprint density at radius 2 is 1.83 bits per heavy atom. The van der Waals surface area contributed by atoms with Gasteiger partial charge in [0.05, 0.1) is 40.6 Å². The van der Waals surface area contributed by atoms with Crippen LogP contribution >= 0.6 is 0 Å². The number of carboxylic acid groups (broad SMARTS) is 1. The Kier molecular flexibility index (Phi) is 9.20. The molecule has 2 atom stereocenters. The molecule has 0 bridgehead atoms. The number of carbonyl (C=O) groups excluding carboxylic acids is 1. The molecule has 0 aliphatic carbocycles. The van der Waals surface area contributed by atoms with Crippen LogP contribution in [0, 0.1) is 0 Å². The van der Waals surface area contributed by atoms with Crippen LogP contribution in [0.15, 0.2) is 71.6 Å². The summed E-state index contributed by atoms with van der Waals surface area (Å²) in [5.74, 6) is -2.35. The number of nitrogens with one attached hydrogen (secondary N) is 3. The van der Waals surface area contributed by atoms with Crippen molar-refractivity contribution in [3.05, 3.63) is 83.7 Å². The summed E-state index contributed by atoms with van der Waals surface area (Å²) in [6, 6.07) is 18.2. The van der Waals surface area contributed by atoms with Gasteiger partial charge in [-0.2, -0.15) is 13.2 Å². The first kappa shape index (κ1) is 33.7. The lowest BCUT2D eigenvalue weighted by Crippen LogP contribution is -2.32. The molecule has 4 N–H and O–H groups in total. The average molecular weight is 696 g/mol. The molecule has 3 aromatic carbocycles. The lowest BCUT2D eigenvalue weighted by molar-refractivity contribution is -0.192. The van der Waals surface area contributed by atoms with Crippen LogP contribution < -0.4 is 19.1 Å². The van der Waals surface area contributed by atoms with Gasteiger partial charge in [0.1, 0.15) is 23.4 Å². The van der Waals surface area contributed by atoms with Crippen LogP contribution in [0.3, 0.4) is 0 Å². The number of rotatable bonds is 7. The molecule has 0 spiro atoms. The Morgan fingerprint density at radius 3 is 2.45 bits per heavy atom. The number of imidazole rings is 1. The van der Waals surface area contributed by atoms with Gasteiger partial charge >= 0.3 is 12.1 Å². The van der Waals surface area contributed by atoms with Gasteiger partial charge in [-0.1, -0.05) is 36.4 Å². The largest absolute Gasteiger partial charge is 0.490 e. The third kappa shape index (κ3) is 7.66. The zero-order valence-corrected chi connectivity index (χ0v) is 26.1. The van der Waals surface area contributed by atoms with Crippen LogP contribution in [0.2, 0.25) is 0 Å². The lowest BCUT2D eigenvalue weighted by Gasteiger charge is -2.28. The molecule has 4 aromatic rings. The van der Waals surface area contributed by atoms with Crippen LogP contribution in [0.5, 0.6) is 5.75 Å². The molecule has 2 aliphatic heterocycles.